The summed E-state index contributed by atoms with van der Waals surface area (Å²) in [6.07, 6.45) is 0.472. The van der Waals surface area contributed by atoms with Gasteiger partial charge in [-0.15, -0.1) is 0 Å². The Hall–Kier alpha value is -0.570. The zero-order chi connectivity index (χ0) is 11.8. The average molecular weight is 216 g/mol. The van der Waals surface area contributed by atoms with E-state index in [0.29, 0.717) is 31.5 Å². The lowest BCUT2D eigenvalue weighted by Crippen LogP contribution is -2.21. The predicted octanol–water partition coefficient (Wildman–Crippen LogP) is 2.64. The van der Waals surface area contributed by atoms with Crippen LogP contribution in [0.1, 0.15) is 41.0 Å². The van der Waals surface area contributed by atoms with E-state index in [9.17, 15) is 4.79 Å². The molecule has 0 heterocycles. The normalized spacial score (nSPS) is 13.3. The van der Waals surface area contributed by atoms with Crippen molar-refractivity contribution in [3.05, 3.63) is 0 Å². The highest BCUT2D eigenvalue weighted by atomic mass is 16.6. The zero-order valence-corrected chi connectivity index (χ0v) is 10.6. The second-order valence-corrected chi connectivity index (χ2v) is 4.82. The number of carbonyl (C=O) groups excluding carboxylic acids is 1. The van der Waals surface area contributed by atoms with Gasteiger partial charge in [0.15, 0.2) is 0 Å². The maximum absolute atomic E-state index is 11.2. The SMILES string of the molecule is CC(C)COC(C)COC(=O)CC(C)C. The van der Waals surface area contributed by atoms with Crippen molar-refractivity contribution in [3.63, 3.8) is 0 Å². The highest BCUT2D eigenvalue weighted by Gasteiger charge is 2.09. The van der Waals surface area contributed by atoms with Crippen LogP contribution in [0.5, 0.6) is 0 Å². The predicted molar refractivity (Wildman–Crippen MR) is 60.7 cm³/mol. The molecule has 0 radical (unpaired) electrons. The largest absolute Gasteiger partial charge is 0.463 e. The Balaban J connectivity index is 3.53. The molecule has 1 atom stereocenters. The summed E-state index contributed by atoms with van der Waals surface area (Å²) in [7, 11) is 0. The molecule has 0 aliphatic carbocycles. The van der Waals surface area contributed by atoms with Crippen LogP contribution < -0.4 is 0 Å². The molecule has 0 rings (SSSR count). The van der Waals surface area contributed by atoms with Crippen molar-refractivity contribution in [2.45, 2.75) is 47.1 Å². The maximum Gasteiger partial charge on any atom is 0.306 e. The van der Waals surface area contributed by atoms with Crippen molar-refractivity contribution in [3.8, 4) is 0 Å². The molecular weight excluding hydrogens is 192 g/mol. The summed E-state index contributed by atoms with van der Waals surface area (Å²) in [6.45, 7) is 11.2. The molecule has 0 saturated heterocycles. The monoisotopic (exact) mass is 216 g/mol. The summed E-state index contributed by atoms with van der Waals surface area (Å²) in [4.78, 5) is 11.2. The van der Waals surface area contributed by atoms with E-state index >= 15 is 0 Å². The highest BCUT2D eigenvalue weighted by molar-refractivity contribution is 5.69. The Kier molecular flexibility index (Phi) is 7.39. The molecule has 3 nitrogen and oxygen atoms in total. The Labute approximate surface area is 93.1 Å². The first-order valence-electron chi connectivity index (χ1n) is 5.69. The van der Waals surface area contributed by atoms with Gasteiger partial charge in [0.25, 0.3) is 0 Å². The fourth-order valence-corrected chi connectivity index (χ4v) is 1.01. The number of esters is 1. The Bertz CT molecular complexity index is 176. The molecule has 0 N–H and O–H groups in total. The minimum absolute atomic E-state index is 0.0106. The van der Waals surface area contributed by atoms with Gasteiger partial charge in [-0.1, -0.05) is 27.7 Å². The third kappa shape index (κ3) is 9.73. The number of carbonyl (C=O) groups is 1. The molecule has 0 amide bonds. The van der Waals surface area contributed by atoms with Crippen LogP contribution in [0.25, 0.3) is 0 Å². The summed E-state index contributed by atoms with van der Waals surface area (Å²) in [5.41, 5.74) is 0. The lowest BCUT2D eigenvalue weighted by atomic mass is 10.1. The topological polar surface area (TPSA) is 35.5 Å². The Morgan fingerprint density at radius 2 is 1.60 bits per heavy atom. The smallest absolute Gasteiger partial charge is 0.306 e. The van der Waals surface area contributed by atoms with Crippen molar-refractivity contribution < 1.29 is 14.3 Å². The minimum atomic E-state index is -0.134. The van der Waals surface area contributed by atoms with Crippen LogP contribution in [-0.2, 0) is 14.3 Å². The fourth-order valence-electron chi connectivity index (χ4n) is 1.01. The van der Waals surface area contributed by atoms with E-state index in [1.165, 1.54) is 0 Å². The first kappa shape index (κ1) is 14.4. The molecule has 15 heavy (non-hydrogen) atoms. The first-order valence-corrected chi connectivity index (χ1v) is 5.69. The minimum Gasteiger partial charge on any atom is -0.463 e. The van der Waals surface area contributed by atoms with Crippen molar-refractivity contribution >= 4 is 5.97 Å². The number of ether oxygens (including phenoxy) is 2. The van der Waals surface area contributed by atoms with Crippen LogP contribution in [0.2, 0.25) is 0 Å². The third-order valence-electron chi connectivity index (χ3n) is 1.77. The lowest BCUT2D eigenvalue weighted by Gasteiger charge is -2.15. The van der Waals surface area contributed by atoms with E-state index in [0.717, 1.165) is 0 Å². The molecule has 0 aliphatic heterocycles. The molecule has 0 aromatic rings. The summed E-state index contributed by atoms with van der Waals surface area (Å²) >= 11 is 0. The molecule has 0 aliphatic rings. The van der Waals surface area contributed by atoms with Crippen LogP contribution in [0.3, 0.4) is 0 Å². The second kappa shape index (κ2) is 7.69. The molecule has 0 bridgehead atoms. The molecule has 90 valence electrons. The first-order chi connectivity index (χ1) is 6.91. The van der Waals surface area contributed by atoms with E-state index < -0.39 is 0 Å². The standard InChI is InChI=1S/C12H24O3/c1-9(2)6-12(13)15-8-11(5)14-7-10(3)4/h9-11H,6-8H2,1-5H3. The van der Waals surface area contributed by atoms with Crippen LogP contribution in [0, 0.1) is 11.8 Å². The van der Waals surface area contributed by atoms with Crippen LogP contribution >= 0.6 is 0 Å². The van der Waals surface area contributed by atoms with E-state index in [-0.39, 0.29) is 12.1 Å². The van der Waals surface area contributed by atoms with Crippen molar-refractivity contribution in [2.75, 3.05) is 13.2 Å². The van der Waals surface area contributed by atoms with E-state index in [2.05, 4.69) is 13.8 Å². The van der Waals surface area contributed by atoms with Crippen molar-refractivity contribution in [1.82, 2.24) is 0 Å². The Morgan fingerprint density at radius 1 is 1.00 bits per heavy atom. The number of hydrogen-bond acceptors (Lipinski definition) is 3. The lowest BCUT2D eigenvalue weighted by molar-refractivity contribution is -0.148. The van der Waals surface area contributed by atoms with Gasteiger partial charge in [-0.05, 0) is 18.8 Å². The average Bonchev–Trinajstić information content (AvgIpc) is 2.10. The molecule has 0 aromatic heterocycles. The molecular formula is C12H24O3. The molecule has 0 spiro atoms. The Morgan fingerprint density at radius 3 is 2.07 bits per heavy atom. The molecule has 0 saturated carbocycles. The number of hydrogen-bond donors (Lipinski definition) is 0. The van der Waals surface area contributed by atoms with Gasteiger partial charge >= 0.3 is 5.97 Å². The van der Waals surface area contributed by atoms with Gasteiger partial charge in [-0.2, -0.15) is 0 Å². The van der Waals surface area contributed by atoms with Gasteiger partial charge in [0.2, 0.25) is 0 Å². The van der Waals surface area contributed by atoms with Gasteiger partial charge in [0.1, 0.15) is 6.61 Å². The third-order valence-corrected chi connectivity index (χ3v) is 1.77. The van der Waals surface area contributed by atoms with Crippen LogP contribution in [0.4, 0.5) is 0 Å². The molecule has 0 aromatic carbocycles. The summed E-state index contributed by atoms with van der Waals surface area (Å²) < 4.78 is 10.6. The quantitative estimate of drug-likeness (QED) is 0.614. The van der Waals surface area contributed by atoms with E-state index in [1.807, 2.05) is 20.8 Å². The fraction of sp³-hybridized carbons (Fsp3) is 0.917. The van der Waals surface area contributed by atoms with Gasteiger partial charge in [0, 0.05) is 13.0 Å². The second-order valence-electron chi connectivity index (χ2n) is 4.82. The zero-order valence-electron chi connectivity index (χ0n) is 10.6. The van der Waals surface area contributed by atoms with Gasteiger partial charge in [-0.25, -0.2) is 0 Å². The van der Waals surface area contributed by atoms with Crippen LogP contribution in [-0.4, -0.2) is 25.3 Å². The van der Waals surface area contributed by atoms with Crippen molar-refractivity contribution in [2.24, 2.45) is 11.8 Å². The summed E-state index contributed by atoms with van der Waals surface area (Å²) in [5.74, 6) is 0.730. The van der Waals surface area contributed by atoms with Gasteiger partial charge in [-0.3, -0.25) is 4.79 Å². The van der Waals surface area contributed by atoms with Gasteiger partial charge in [0.05, 0.1) is 6.10 Å². The summed E-state index contributed by atoms with van der Waals surface area (Å²) in [5, 5.41) is 0. The van der Waals surface area contributed by atoms with E-state index in [1.54, 1.807) is 0 Å². The molecule has 3 heteroatoms. The number of rotatable bonds is 7. The highest BCUT2D eigenvalue weighted by Crippen LogP contribution is 2.03. The van der Waals surface area contributed by atoms with E-state index in [4.69, 9.17) is 9.47 Å². The van der Waals surface area contributed by atoms with Crippen molar-refractivity contribution in [1.29, 1.82) is 0 Å². The van der Waals surface area contributed by atoms with Gasteiger partial charge < -0.3 is 9.47 Å². The molecule has 1 unspecified atom stereocenters. The summed E-state index contributed by atoms with van der Waals surface area (Å²) in [6, 6.07) is 0. The molecule has 0 fully saturated rings. The van der Waals surface area contributed by atoms with Crippen LogP contribution in [0.15, 0.2) is 0 Å². The maximum atomic E-state index is 11.2.